The van der Waals surface area contributed by atoms with E-state index in [0.717, 1.165) is 41.9 Å². The summed E-state index contributed by atoms with van der Waals surface area (Å²) in [5, 5.41) is 6.49. The fourth-order valence-electron chi connectivity index (χ4n) is 1.99. The molecule has 0 atom stereocenters. The van der Waals surface area contributed by atoms with Crippen LogP contribution in [-0.2, 0) is 0 Å². The number of benzene rings is 1. The summed E-state index contributed by atoms with van der Waals surface area (Å²) in [6, 6.07) is 6.21. The van der Waals surface area contributed by atoms with Gasteiger partial charge >= 0.3 is 0 Å². The Hall–Kier alpha value is -2.22. The molecule has 0 aliphatic carbocycles. The second-order valence-electron chi connectivity index (χ2n) is 4.43. The summed E-state index contributed by atoms with van der Waals surface area (Å²) in [4.78, 5) is 0. The van der Waals surface area contributed by atoms with Crippen molar-refractivity contribution in [2.45, 2.75) is 13.3 Å². The molecule has 106 valence electrons. The summed E-state index contributed by atoms with van der Waals surface area (Å²) in [5.41, 5.74) is 4.45. The maximum absolute atomic E-state index is 4.18. The van der Waals surface area contributed by atoms with Crippen LogP contribution in [0.25, 0.3) is 11.6 Å². The summed E-state index contributed by atoms with van der Waals surface area (Å²) < 4.78 is 0. The van der Waals surface area contributed by atoms with Gasteiger partial charge in [0.15, 0.2) is 0 Å². The average Bonchev–Trinajstić information content (AvgIpc) is 2.47. The second kappa shape index (κ2) is 8.81. The van der Waals surface area contributed by atoms with E-state index < -0.39 is 0 Å². The van der Waals surface area contributed by atoms with Crippen molar-refractivity contribution in [1.82, 2.24) is 5.32 Å². The van der Waals surface area contributed by atoms with E-state index in [1.807, 2.05) is 25.1 Å². The van der Waals surface area contributed by atoms with E-state index in [4.69, 9.17) is 0 Å². The van der Waals surface area contributed by atoms with Gasteiger partial charge in [0.1, 0.15) is 0 Å². The first-order valence-corrected chi connectivity index (χ1v) is 6.87. The lowest BCUT2D eigenvalue weighted by atomic mass is 9.97. The largest absolute Gasteiger partial charge is 0.391 e. The maximum Gasteiger partial charge on any atom is 0.0422 e. The lowest BCUT2D eigenvalue weighted by Crippen LogP contribution is -2.07. The van der Waals surface area contributed by atoms with Crippen molar-refractivity contribution >= 4 is 17.3 Å². The molecule has 2 N–H and O–H groups in total. The van der Waals surface area contributed by atoms with Crippen molar-refractivity contribution in [2.75, 3.05) is 18.4 Å². The normalized spacial score (nSPS) is 10.2. The van der Waals surface area contributed by atoms with E-state index in [2.05, 4.69) is 48.6 Å². The number of rotatable bonds is 9. The number of nitrogens with one attached hydrogen (secondary N) is 2. The Kier molecular flexibility index (Phi) is 6.97. The van der Waals surface area contributed by atoms with Gasteiger partial charge in [-0.3, -0.25) is 0 Å². The fourth-order valence-corrected chi connectivity index (χ4v) is 1.99. The summed E-state index contributed by atoms with van der Waals surface area (Å²) in [6.07, 6.45) is 8.59. The van der Waals surface area contributed by atoms with Gasteiger partial charge in [-0.25, -0.2) is 0 Å². The topological polar surface area (TPSA) is 24.1 Å². The Morgan fingerprint density at radius 1 is 1.30 bits per heavy atom. The third-order valence-corrected chi connectivity index (χ3v) is 3.05. The van der Waals surface area contributed by atoms with Crippen LogP contribution >= 0.6 is 0 Å². The molecule has 20 heavy (non-hydrogen) atoms. The van der Waals surface area contributed by atoms with Crippen LogP contribution in [0, 0.1) is 0 Å². The van der Waals surface area contributed by atoms with E-state index >= 15 is 0 Å². The first-order chi connectivity index (χ1) is 9.74. The van der Waals surface area contributed by atoms with Gasteiger partial charge in [0.25, 0.3) is 0 Å². The minimum absolute atomic E-state index is 0.811. The van der Waals surface area contributed by atoms with Crippen molar-refractivity contribution < 1.29 is 0 Å². The summed E-state index contributed by atoms with van der Waals surface area (Å²) in [5.74, 6) is 0. The van der Waals surface area contributed by atoms with Gasteiger partial charge in [-0.05, 0) is 36.7 Å². The summed E-state index contributed by atoms with van der Waals surface area (Å²) in [6.45, 7) is 15.4. The van der Waals surface area contributed by atoms with Crippen LogP contribution in [0.1, 0.15) is 24.5 Å². The molecule has 0 saturated heterocycles. The molecule has 0 spiro atoms. The Bertz CT molecular complexity index is 498. The Balaban J connectivity index is 2.89. The number of hydrogen-bond donors (Lipinski definition) is 2. The SMILES string of the molecule is C=CNCCC(=C)c1cccc(NC/C=C/C)c1C=C. The van der Waals surface area contributed by atoms with Crippen LogP contribution in [-0.4, -0.2) is 13.1 Å². The molecule has 2 heteroatoms. The predicted octanol–water partition coefficient (Wildman–Crippen LogP) is 4.45. The highest BCUT2D eigenvalue weighted by Gasteiger charge is 2.07. The average molecular weight is 268 g/mol. The third-order valence-electron chi connectivity index (χ3n) is 3.05. The quantitative estimate of drug-likeness (QED) is 0.510. The van der Waals surface area contributed by atoms with Gasteiger partial charge in [-0.2, -0.15) is 0 Å². The molecule has 0 aliphatic rings. The molecule has 0 fully saturated rings. The van der Waals surface area contributed by atoms with Crippen LogP contribution in [0.5, 0.6) is 0 Å². The molecule has 1 rings (SSSR count). The van der Waals surface area contributed by atoms with Gasteiger partial charge in [0.05, 0.1) is 0 Å². The van der Waals surface area contributed by atoms with E-state index in [-0.39, 0.29) is 0 Å². The molecule has 0 radical (unpaired) electrons. The smallest absolute Gasteiger partial charge is 0.0422 e. The van der Waals surface area contributed by atoms with Crippen LogP contribution < -0.4 is 10.6 Å². The fraction of sp³-hybridized carbons (Fsp3) is 0.222. The molecule has 1 aromatic carbocycles. The van der Waals surface area contributed by atoms with Gasteiger partial charge in [-0.1, -0.05) is 50.1 Å². The number of anilines is 1. The first kappa shape index (κ1) is 15.8. The monoisotopic (exact) mass is 268 g/mol. The molecule has 0 aromatic heterocycles. The van der Waals surface area contributed by atoms with Crippen LogP contribution in [0.4, 0.5) is 5.69 Å². The molecule has 0 amide bonds. The van der Waals surface area contributed by atoms with Crippen molar-refractivity contribution in [1.29, 1.82) is 0 Å². The lowest BCUT2D eigenvalue weighted by molar-refractivity contribution is 0.864. The van der Waals surface area contributed by atoms with Crippen LogP contribution in [0.2, 0.25) is 0 Å². The van der Waals surface area contributed by atoms with Crippen molar-refractivity contribution in [2.24, 2.45) is 0 Å². The van der Waals surface area contributed by atoms with E-state index in [1.54, 1.807) is 6.20 Å². The van der Waals surface area contributed by atoms with E-state index in [1.165, 1.54) is 0 Å². The van der Waals surface area contributed by atoms with Gasteiger partial charge < -0.3 is 10.6 Å². The molecule has 0 heterocycles. The highest BCUT2D eigenvalue weighted by Crippen LogP contribution is 2.27. The Labute approximate surface area is 122 Å². The molecule has 0 saturated carbocycles. The lowest BCUT2D eigenvalue weighted by Gasteiger charge is -2.15. The number of allylic oxidation sites excluding steroid dienone is 1. The third kappa shape index (κ3) is 4.47. The highest BCUT2D eigenvalue weighted by molar-refractivity contribution is 5.80. The van der Waals surface area contributed by atoms with E-state index in [9.17, 15) is 0 Å². The van der Waals surface area contributed by atoms with E-state index in [0.29, 0.717) is 0 Å². The second-order valence-corrected chi connectivity index (χ2v) is 4.43. The Morgan fingerprint density at radius 2 is 2.10 bits per heavy atom. The van der Waals surface area contributed by atoms with Crippen molar-refractivity contribution in [3.63, 3.8) is 0 Å². The molecule has 0 aliphatic heterocycles. The van der Waals surface area contributed by atoms with Crippen molar-refractivity contribution in [3.05, 3.63) is 67.4 Å². The standard InChI is InChI=1S/C18H24N2/c1-5-8-13-20-18-11-9-10-17(16(18)6-2)15(4)12-14-19-7-3/h5-11,19-20H,2-4,12-14H2,1H3/b8-5+. The molecule has 2 nitrogen and oxygen atoms in total. The zero-order valence-corrected chi connectivity index (χ0v) is 12.3. The molecule has 1 aromatic rings. The highest BCUT2D eigenvalue weighted by atomic mass is 14.9. The van der Waals surface area contributed by atoms with Gasteiger partial charge in [-0.15, -0.1) is 0 Å². The first-order valence-electron chi connectivity index (χ1n) is 6.87. The van der Waals surface area contributed by atoms with Crippen molar-refractivity contribution in [3.8, 4) is 0 Å². The minimum Gasteiger partial charge on any atom is -0.391 e. The van der Waals surface area contributed by atoms with Gasteiger partial charge in [0, 0.05) is 24.3 Å². The zero-order chi connectivity index (χ0) is 14.8. The van der Waals surface area contributed by atoms with Crippen LogP contribution in [0.15, 0.2) is 56.3 Å². The minimum atomic E-state index is 0.811. The predicted molar refractivity (Wildman–Crippen MR) is 91.7 cm³/mol. The molecular weight excluding hydrogens is 244 g/mol. The molecule has 0 bridgehead atoms. The van der Waals surface area contributed by atoms with Crippen LogP contribution in [0.3, 0.4) is 0 Å². The molecular formula is C18H24N2. The maximum atomic E-state index is 4.18. The number of hydrogen-bond acceptors (Lipinski definition) is 2. The zero-order valence-electron chi connectivity index (χ0n) is 12.3. The summed E-state index contributed by atoms with van der Waals surface area (Å²) >= 11 is 0. The Morgan fingerprint density at radius 3 is 2.75 bits per heavy atom. The molecule has 0 unspecified atom stereocenters. The summed E-state index contributed by atoms with van der Waals surface area (Å²) in [7, 11) is 0. The van der Waals surface area contributed by atoms with Gasteiger partial charge in [0.2, 0.25) is 0 Å².